The number of amides is 4. The van der Waals surface area contributed by atoms with Gasteiger partial charge in [-0.1, -0.05) is 24.3 Å². The van der Waals surface area contributed by atoms with Crippen LogP contribution in [0.4, 0.5) is 20.2 Å². The zero-order chi connectivity index (χ0) is 39.1. The highest BCUT2D eigenvalue weighted by Gasteiger charge is 2.32. The molecule has 0 aliphatic carbocycles. The van der Waals surface area contributed by atoms with Crippen molar-refractivity contribution in [3.63, 3.8) is 0 Å². The van der Waals surface area contributed by atoms with Gasteiger partial charge in [-0.05, 0) is 77.6 Å². The standard InChI is InChI=1S/C42H42F2N8O4/c1-49(2)42(56)36-21-33-31(20-32(39(44)40(33)47-36)26-5-3-16-50(22-26)38(54)14-18-52-17-4-15-45-52)25-6-9-29(10-7-25)51-23-27(24-51)30-11-8-28(19-34(30)43)46-35-12-13-37(53)48-41(35)55/h4-11,15,17,19-21,27,35,46-47H,3,12-14,16,18,22-24H2,1-2H3,(H,48,53,55). The Morgan fingerprint density at radius 3 is 2.54 bits per heavy atom. The van der Waals surface area contributed by atoms with E-state index < -0.39 is 17.8 Å². The molecule has 1 atom stereocenters. The largest absolute Gasteiger partial charge is 0.374 e. The van der Waals surface area contributed by atoms with Crippen LogP contribution in [0.5, 0.6) is 0 Å². The van der Waals surface area contributed by atoms with E-state index in [1.54, 1.807) is 48.1 Å². The minimum Gasteiger partial charge on any atom is -0.374 e. The number of aryl methyl sites for hydroxylation is 1. The van der Waals surface area contributed by atoms with Gasteiger partial charge in [-0.15, -0.1) is 0 Å². The van der Waals surface area contributed by atoms with E-state index in [2.05, 4.69) is 25.6 Å². The lowest BCUT2D eigenvalue weighted by atomic mass is 9.89. The summed E-state index contributed by atoms with van der Waals surface area (Å²) in [5, 5.41) is 10.1. The molecule has 0 bridgehead atoms. The number of aromatic amines is 1. The van der Waals surface area contributed by atoms with E-state index in [0.717, 1.165) is 16.8 Å². The Labute approximate surface area is 322 Å². The molecule has 5 heterocycles. The fourth-order valence-corrected chi connectivity index (χ4v) is 7.76. The second kappa shape index (κ2) is 15.1. The number of nitrogens with zero attached hydrogens (tertiary/aromatic N) is 5. The SMILES string of the molecule is CN(C)C(=O)c1cc2c(-c3ccc(N4CC(c5ccc(NC6CCC(=O)NC6=O)cc5F)C4)cc3)cc(C3=CCCN(C(=O)CCn4cccn4)C3)c(F)c2[nH]1. The van der Waals surface area contributed by atoms with Crippen LogP contribution < -0.4 is 15.5 Å². The van der Waals surface area contributed by atoms with Gasteiger partial charge in [0.1, 0.15) is 17.6 Å². The first kappa shape index (κ1) is 36.7. The second-order valence-corrected chi connectivity index (χ2v) is 14.8. The fraction of sp³-hybridized carbons (Fsp3) is 0.310. The molecule has 288 valence electrons. The molecule has 8 rings (SSSR count). The van der Waals surface area contributed by atoms with Crippen molar-refractivity contribution in [3.8, 4) is 11.1 Å². The summed E-state index contributed by atoms with van der Waals surface area (Å²) in [6.45, 7) is 2.49. The van der Waals surface area contributed by atoms with Crippen molar-refractivity contribution in [2.75, 3.05) is 50.5 Å². The number of piperidine rings is 1. The number of hydrogen-bond acceptors (Lipinski definition) is 7. The first-order valence-corrected chi connectivity index (χ1v) is 18.8. The topological polar surface area (TPSA) is 136 Å². The van der Waals surface area contributed by atoms with Gasteiger partial charge in [-0.2, -0.15) is 5.10 Å². The molecule has 3 aliphatic heterocycles. The predicted octanol–water partition coefficient (Wildman–Crippen LogP) is 5.54. The number of H-pyrrole nitrogens is 1. The summed E-state index contributed by atoms with van der Waals surface area (Å²) in [5.41, 5.74) is 5.18. The molecule has 0 radical (unpaired) electrons. The molecular weight excluding hydrogens is 719 g/mol. The van der Waals surface area contributed by atoms with Gasteiger partial charge < -0.3 is 25.0 Å². The van der Waals surface area contributed by atoms with E-state index in [1.807, 2.05) is 48.7 Å². The average Bonchev–Trinajstić information content (AvgIpc) is 3.87. The number of carbonyl (C=O) groups excluding carboxylic acids is 4. The van der Waals surface area contributed by atoms with Crippen molar-refractivity contribution < 1.29 is 28.0 Å². The Balaban J connectivity index is 1.00. The number of nitrogens with one attached hydrogen (secondary N) is 3. The summed E-state index contributed by atoms with van der Waals surface area (Å²) in [6.07, 6.45) is 6.92. The predicted molar refractivity (Wildman–Crippen MR) is 209 cm³/mol. The molecule has 3 aliphatic rings. The quantitative estimate of drug-likeness (QED) is 0.159. The molecule has 3 N–H and O–H groups in total. The number of imide groups is 1. The van der Waals surface area contributed by atoms with Gasteiger partial charge in [0.2, 0.25) is 17.7 Å². The van der Waals surface area contributed by atoms with Crippen molar-refractivity contribution in [3.05, 3.63) is 108 Å². The van der Waals surface area contributed by atoms with E-state index in [0.29, 0.717) is 66.8 Å². The van der Waals surface area contributed by atoms with E-state index in [-0.39, 0.29) is 60.1 Å². The van der Waals surface area contributed by atoms with E-state index >= 15 is 8.78 Å². The van der Waals surface area contributed by atoms with Crippen LogP contribution in [0.25, 0.3) is 27.6 Å². The zero-order valence-corrected chi connectivity index (χ0v) is 31.1. The second-order valence-electron chi connectivity index (χ2n) is 14.8. The Hall–Kier alpha value is -6.31. The number of halogens is 2. The summed E-state index contributed by atoms with van der Waals surface area (Å²) < 4.78 is 33.5. The monoisotopic (exact) mass is 760 g/mol. The maximum atomic E-state index is 16.5. The molecular formula is C42H42F2N8O4. The fourth-order valence-electron chi connectivity index (χ4n) is 7.76. The smallest absolute Gasteiger partial charge is 0.269 e. The van der Waals surface area contributed by atoms with Gasteiger partial charge in [0.25, 0.3) is 5.91 Å². The number of anilines is 2. The van der Waals surface area contributed by atoms with Gasteiger partial charge >= 0.3 is 0 Å². The van der Waals surface area contributed by atoms with Crippen molar-refractivity contribution in [1.29, 1.82) is 0 Å². The first-order valence-electron chi connectivity index (χ1n) is 18.8. The highest BCUT2D eigenvalue weighted by Crippen LogP contribution is 2.39. The number of benzene rings is 3. The van der Waals surface area contributed by atoms with E-state index in [1.165, 1.54) is 11.0 Å². The Kier molecular flexibility index (Phi) is 9.87. The minimum atomic E-state index is -0.591. The van der Waals surface area contributed by atoms with Crippen LogP contribution in [0, 0.1) is 11.6 Å². The van der Waals surface area contributed by atoms with Gasteiger partial charge in [0.05, 0.1) is 5.52 Å². The van der Waals surface area contributed by atoms with Crippen molar-refractivity contribution >= 4 is 51.5 Å². The van der Waals surface area contributed by atoms with Crippen LogP contribution in [0.3, 0.4) is 0 Å². The molecule has 14 heteroatoms. The van der Waals surface area contributed by atoms with Crippen molar-refractivity contribution in [2.45, 2.75) is 44.2 Å². The van der Waals surface area contributed by atoms with Gasteiger partial charge in [-0.3, -0.25) is 29.2 Å². The number of carbonyl (C=O) groups is 4. The van der Waals surface area contributed by atoms with E-state index in [9.17, 15) is 19.2 Å². The summed E-state index contributed by atoms with van der Waals surface area (Å²) in [5.74, 6) is -1.88. The molecule has 4 amide bonds. The lowest BCUT2D eigenvalue weighted by Gasteiger charge is -2.41. The molecule has 56 heavy (non-hydrogen) atoms. The highest BCUT2D eigenvalue weighted by atomic mass is 19.1. The molecule has 3 aromatic carbocycles. The van der Waals surface area contributed by atoms with Gasteiger partial charge in [0.15, 0.2) is 5.82 Å². The van der Waals surface area contributed by atoms with Crippen LogP contribution in [0.15, 0.2) is 79.1 Å². The third kappa shape index (κ3) is 7.26. The molecule has 12 nitrogen and oxygen atoms in total. The van der Waals surface area contributed by atoms with Crippen LogP contribution in [-0.2, 0) is 20.9 Å². The summed E-state index contributed by atoms with van der Waals surface area (Å²) in [7, 11) is 3.29. The van der Waals surface area contributed by atoms with E-state index in [4.69, 9.17) is 0 Å². The molecule has 2 fully saturated rings. The van der Waals surface area contributed by atoms with Crippen LogP contribution in [0.2, 0.25) is 0 Å². The maximum absolute atomic E-state index is 16.5. The van der Waals surface area contributed by atoms with Crippen LogP contribution >= 0.6 is 0 Å². The Morgan fingerprint density at radius 2 is 1.82 bits per heavy atom. The first-order chi connectivity index (χ1) is 27.0. The normalized spacial score (nSPS) is 17.4. The number of aromatic nitrogens is 3. The number of hydrogen-bond donors (Lipinski definition) is 3. The van der Waals surface area contributed by atoms with Crippen molar-refractivity contribution in [2.24, 2.45) is 0 Å². The maximum Gasteiger partial charge on any atom is 0.269 e. The zero-order valence-electron chi connectivity index (χ0n) is 31.1. The van der Waals surface area contributed by atoms with Crippen LogP contribution in [0.1, 0.15) is 53.2 Å². The minimum absolute atomic E-state index is 0.0214. The van der Waals surface area contributed by atoms with Crippen LogP contribution in [-0.4, -0.2) is 94.5 Å². The summed E-state index contributed by atoms with van der Waals surface area (Å²) in [6, 6.07) is 17.5. The number of fused-ring (bicyclic) bond motifs is 1. The average molecular weight is 761 g/mol. The van der Waals surface area contributed by atoms with Crippen molar-refractivity contribution in [1.82, 2.24) is 29.9 Å². The third-order valence-corrected chi connectivity index (χ3v) is 10.9. The lowest BCUT2D eigenvalue weighted by Crippen LogP contribution is -2.47. The molecule has 0 saturated carbocycles. The molecule has 2 saturated heterocycles. The molecule has 5 aromatic rings. The summed E-state index contributed by atoms with van der Waals surface area (Å²) in [4.78, 5) is 58.2. The Morgan fingerprint density at radius 1 is 1.02 bits per heavy atom. The van der Waals surface area contributed by atoms with Gasteiger partial charge in [0, 0.05) is 100 Å². The third-order valence-electron chi connectivity index (χ3n) is 10.9. The molecule has 2 aromatic heterocycles. The molecule has 0 spiro atoms. The Bertz CT molecular complexity index is 2360. The lowest BCUT2D eigenvalue weighted by molar-refractivity contribution is -0.134. The number of rotatable bonds is 10. The molecule has 1 unspecified atom stereocenters. The summed E-state index contributed by atoms with van der Waals surface area (Å²) >= 11 is 0. The highest BCUT2D eigenvalue weighted by molar-refractivity contribution is 6.05. The van der Waals surface area contributed by atoms with Gasteiger partial charge in [-0.25, -0.2) is 8.78 Å².